The summed E-state index contributed by atoms with van der Waals surface area (Å²) in [7, 11) is 0. The van der Waals surface area contributed by atoms with Crippen molar-refractivity contribution >= 4 is 63.8 Å². The lowest BCUT2D eigenvalue weighted by atomic mass is 9.88. The summed E-state index contributed by atoms with van der Waals surface area (Å²) in [5.41, 5.74) is 9.77. The van der Waals surface area contributed by atoms with Crippen LogP contribution in [0.4, 0.5) is 0 Å². The largest absolute Gasteiger partial charge is 0.208 e. The Morgan fingerprint density at radius 1 is 0.230 bits per heavy atom. The maximum absolute atomic E-state index is 5.29. The second-order valence-electron chi connectivity index (χ2n) is 15.5. The van der Waals surface area contributed by atoms with Crippen LogP contribution in [0, 0.1) is 0 Å². The molecule has 0 aliphatic heterocycles. The van der Waals surface area contributed by atoms with Crippen molar-refractivity contribution in [2.45, 2.75) is 0 Å². The SMILES string of the molecule is c1ccc(-c2ccc3sc4cc(-c5nc(-c6ccccc6)nc(-c6ccccc6-c6ccccc6-c6ccc7c8ccccc8c8ccccc8c7c6)n5)ccc4c3c2)cc1. The van der Waals surface area contributed by atoms with Gasteiger partial charge in [-0.2, -0.15) is 0 Å². The first-order chi connectivity index (χ1) is 30.2. The number of fused-ring (bicyclic) bond motifs is 9. The Bertz CT molecular complexity index is 3610. The molecule has 0 radical (unpaired) electrons. The lowest BCUT2D eigenvalue weighted by Crippen LogP contribution is -2.01. The lowest BCUT2D eigenvalue weighted by molar-refractivity contribution is 1.07. The van der Waals surface area contributed by atoms with Crippen LogP contribution in [0.1, 0.15) is 0 Å². The number of thiophene rings is 1. The Labute approximate surface area is 356 Å². The van der Waals surface area contributed by atoms with Crippen molar-refractivity contribution < 1.29 is 0 Å². The molecular formula is C57H35N3S. The maximum Gasteiger partial charge on any atom is 0.164 e. The third-order valence-electron chi connectivity index (χ3n) is 11.9. The number of aromatic nitrogens is 3. The van der Waals surface area contributed by atoms with Gasteiger partial charge in [0.05, 0.1) is 0 Å². The number of hydrogen-bond acceptors (Lipinski definition) is 4. The minimum Gasteiger partial charge on any atom is -0.208 e. The predicted octanol–water partition coefficient (Wildman–Crippen LogP) is 15.7. The van der Waals surface area contributed by atoms with Crippen LogP contribution >= 0.6 is 11.3 Å². The van der Waals surface area contributed by atoms with Gasteiger partial charge in [0.25, 0.3) is 0 Å². The van der Waals surface area contributed by atoms with Crippen LogP contribution in [-0.2, 0) is 0 Å². The zero-order chi connectivity index (χ0) is 40.3. The molecule has 0 N–H and O–H groups in total. The van der Waals surface area contributed by atoms with E-state index in [0.717, 1.165) is 38.9 Å². The smallest absolute Gasteiger partial charge is 0.164 e. The van der Waals surface area contributed by atoms with E-state index in [1.165, 1.54) is 63.6 Å². The number of hydrogen-bond donors (Lipinski definition) is 0. The van der Waals surface area contributed by atoms with Crippen LogP contribution < -0.4 is 0 Å². The van der Waals surface area contributed by atoms with Gasteiger partial charge in [0.2, 0.25) is 0 Å². The summed E-state index contributed by atoms with van der Waals surface area (Å²) in [4.78, 5) is 15.6. The van der Waals surface area contributed by atoms with Crippen molar-refractivity contribution in [3.63, 3.8) is 0 Å². The van der Waals surface area contributed by atoms with Crippen LogP contribution in [0.15, 0.2) is 212 Å². The molecule has 0 saturated heterocycles. The summed E-state index contributed by atoms with van der Waals surface area (Å²) < 4.78 is 2.46. The van der Waals surface area contributed by atoms with Crippen LogP contribution in [0.2, 0.25) is 0 Å². The van der Waals surface area contributed by atoms with E-state index in [9.17, 15) is 0 Å². The molecule has 2 heterocycles. The number of nitrogens with zero attached hydrogens (tertiary/aromatic N) is 3. The zero-order valence-electron chi connectivity index (χ0n) is 33.0. The van der Waals surface area contributed by atoms with Crippen LogP contribution in [0.25, 0.3) is 120 Å². The number of rotatable bonds is 6. The first-order valence-corrected chi connectivity index (χ1v) is 21.4. The first kappa shape index (κ1) is 35.2. The molecule has 12 aromatic rings. The standard InChI is InChI=1S/C57H35N3S/c1-3-15-36(16-4-1)38-29-32-53-52(33-38)49-31-28-40(35-54(49)61-53)56-58-55(37-17-5-2-6-18-37)59-57(60-56)50-26-14-13-24-46(50)42-20-8-7-19-41(42)39-27-30-48-45-23-10-9-21-43(45)44-22-11-12-25-47(44)51(48)34-39/h1-35H. The molecule has 0 aliphatic carbocycles. The molecule has 0 bridgehead atoms. The molecular weight excluding hydrogens is 759 g/mol. The van der Waals surface area contributed by atoms with Gasteiger partial charge in [-0.15, -0.1) is 11.3 Å². The van der Waals surface area contributed by atoms with Gasteiger partial charge >= 0.3 is 0 Å². The van der Waals surface area contributed by atoms with Crippen LogP contribution in [-0.4, -0.2) is 15.0 Å². The zero-order valence-corrected chi connectivity index (χ0v) is 33.8. The normalized spacial score (nSPS) is 11.6. The molecule has 0 amide bonds. The molecule has 10 aromatic carbocycles. The highest BCUT2D eigenvalue weighted by Gasteiger charge is 2.19. The second kappa shape index (κ2) is 14.5. The summed E-state index contributed by atoms with van der Waals surface area (Å²) >= 11 is 1.81. The molecule has 0 atom stereocenters. The van der Waals surface area contributed by atoms with E-state index in [-0.39, 0.29) is 0 Å². The summed E-state index contributed by atoms with van der Waals surface area (Å²) in [6.45, 7) is 0. The van der Waals surface area contributed by atoms with Gasteiger partial charge < -0.3 is 0 Å². The van der Waals surface area contributed by atoms with Gasteiger partial charge in [0.15, 0.2) is 17.5 Å². The Morgan fingerprint density at radius 3 is 1.38 bits per heavy atom. The monoisotopic (exact) mass is 793 g/mol. The molecule has 4 heteroatoms. The van der Waals surface area contributed by atoms with Gasteiger partial charge in [0, 0.05) is 36.9 Å². The molecule has 0 unspecified atom stereocenters. The highest BCUT2D eigenvalue weighted by atomic mass is 32.1. The van der Waals surface area contributed by atoms with E-state index in [2.05, 4.69) is 194 Å². The van der Waals surface area contributed by atoms with Gasteiger partial charge in [-0.3, -0.25) is 0 Å². The van der Waals surface area contributed by atoms with E-state index in [1.807, 2.05) is 18.2 Å². The third-order valence-corrected chi connectivity index (χ3v) is 13.1. The van der Waals surface area contributed by atoms with Crippen molar-refractivity contribution in [3.05, 3.63) is 212 Å². The molecule has 3 nitrogen and oxygen atoms in total. The van der Waals surface area contributed by atoms with Gasteiger partial charge in [-0.25, -0.2) is 15.0 Å². The van der Waals surface area contributed by atoms with Crippen LogP contribution in [0.3, 0.4) is 0 Å². The average Bonchev–Trinajstić information content (AvgIpc) is 3.72. The van der Waals surface area contributed by atoms with E-state index in [1.54, 1.807) is 11.3 Å². The van der Waals surface area contributed by atoms with Gasteiger partial charge in [-0.1, -0.05) is 188 Å². The Hall–Kier alpha value is -7.79. The highest BCUT2D eigenvalue weighted by Crippen LogP contribution is 2.42. The van der Waals surface area contributed by atoms with Crippen molar-refractivity contribution in [3.8, 4) is 67.5 Å². The summed E-state index contributed by atoms with van der Waals surface area (Å²) in [6.07, 6.45) is 0. The topological polar surface area (TPSA) is 38.7 Å². The van der Waals surface area contributed by atoms with Crippen molar-refractivity contribution in [2.75, 3.05) is 0 Å². The van der Waals surface area contributed by atoms with E-state index < -0.39 is 0 Å². The quantitative estimate of drug-likeness (QED) is 0.157. The predicted molar refractivity (Wildman–Crippen MR) is 258 cm³/mol. The van der Waals surface area contributed by atoms with Gasteiger partial charge in [-0.05, 0) is 90.0 Å². The fourth-order valence-electron chi connectivity index (χ4n) is 9.03. The Balaban J connectivity index is 1.01. The highest BCUT2D eigenvalue weighted by molar-refractivity contribution is 7.25. The molecule has 0 aliphatic rings. The Kier molecular flexibility index (Phi) is 8.36. The van der Waals surface area contributed by atoms with Crippen molar-refractivity contribution in [2.24, 2.45) is 0 Å². The summed E-state index contributed by atoms with van der Waals surface area (Å²) in [6, 6.07) is 75.8. The summed E-state index contributed by atoms with van der Waals surface area (Å²) in [5, 5.41) is 10.1. The van der Waals surface area contributed by atoms with Gasteiger partial charge in [0.1, 0.15) is 0 Å². The average molecular weight is 794 g/mol. The van der Waals surface area contributed by atoms with Crippen molar-refractivity contribution in [1.29, 1.82) is 0 Å². The molecule has 2 aromatic heterocycles. The molecule has 12 rings (SSSR count). The third kappa shape index (κ3) is 6.07. The first-order valence-electron chi connectivity index (χ1n) is 20.6. The minimum absolute atomic E-state index is 0.633. The minimum atomic E-state index is 0.633. The van der Waals surface area contributed by atoms with E-state index in [4.69, 9.17) is 15.0 Å². The van der Waals surface area contributed by atoms with Crippen LogP contribution in [0.5, 0.6) is 0 Å². The number of benzene rings is 10. The molecule has 0 fully saturated rings. The Morgan fingerprint density at radius 2 is 0.689 bits per heavy atom. The van der Waals surface area contributed by atoms with E-state index >= 15 is 0 Å². The fraction of sp³-hybridized carbons (Fsp3) is 0. The second-order valence-corrected chi connectivity index (χ2v) is 16.6. The summed E-state index contributed by atoms with van der Waals surface area (Å²) in [5.74, 6) is 1.92. The fourth-order valence-corrected chi connectivity index (χ4v) is 10.2. The van der Waals surface area contributed by atoms with E-state index in [0.29, 0.717) is 17.5 Å². The van der Waals surface area contributed by atoms with Crippen molar-refractivity contribution in [1.82, 2.24) is 15.0 Å². The molecule has 284 valence electrons. The lowest BCUT2D eigenvalue weighted by Gasteiger charge is -2.16. The molecule has 61 heavy (non-hydrogen) atoms. The molecule has 0 saturated carbocycles. The molecule has 0 spiro atoms. The maximum atomic E-state index is 5.29.